The molecule has 0 radical (unpaired) electrons. The van der Waals surface area contributed by atoms with Crippen LogP contribution in [-0.2, 0) is 30.9 Å². The van der Waals surface area contributed by atoms with Gasteiger partial charge >= 0.3 is 5.97 Å². The molecule has 0 aliphatic carbocycles. The third-order valence-electron chi connectivity index (χ3n) is 7.49. The molecule has 0 bridgehead atoms. The minimum absolute atomic E-state index is 0.0578. The molecule has 0 atom stereocenters. The highest BCUT2D eigenvalue weighted by molar-refractivity contribution is 6.30. The molecule has 46 heavy (non-hydrogen) atoms. The van der Waals surface area contributed by atoms with E-state index in [2.05, 4.69) is 22.1 Å². The molecule has 3 aromatic carbocycles. The van der Waals surface area contributed by atoms with Crippen LogP contribution in [0.5, 0.6) is 5.88 Å². The molecule has 6 rings (SSSR count). The van der Waals surface area contributed by atoms with Gasteiger partial charge in [-0.1, -0.05) is 36.7 Å². The van der Waals surface area contributed by atoms with Gasteiger partial charge in [0.25, 0.3) is 0 Å². The van der Waals surface area contributed by atoms with Crippen molar-refractivity contribution in [2.24, 2.45) is 0 Å². The van der Waals surface area contributed by atoms with Gasteiger partial charge in [-0.05, 0) is 60.5 Å². The Bertz CT molecular complexity index is 2040. The van der Waals surface area contributed by atoms with E-state index in [0.717, 1.165) is 24.3 Å². The summed E-state index contributed by atoms with van der Waals surface area (Å²) in [5, 5.41) is 8.69. The second kappa shape index (κ2) is 13.5. The number of pyridine rings is 1. The van der Waals surface area contributed by atoms with E-state index in [1.54, 1.807) is 60.9 Å². The van der Waals surface area contributed by atoms with Crippen molar-refractivity contribution in [2.75, 3.05) is 7.11 Å². The van der Waals surface area contributed by atoms with Crippen LogP contribution in [0, 0.1) is 11.6 Å². The van der Waals surface area contributed by atoms with Crippen LogP contribution >= 0.6 is 11.6 Å². The number of imidazole rings is 1. The van der Waals surface area contributed by atoms with Crippen LogP contribution < -0.4 is 4.74 Å². The number of aromatic nitrogens is 6. The van der Waals surface area contributed by atoms with Crippen molar-refractivity contribution < 1.29 is 23.0 Å². The second-order valence-electron chi connectivity index (χ2n) is 10.6. The lowest BCUT2D eigenvalue weighted by atomic mass is 10.1. The topological polar surface area (TPSA) is 97.0 Å². The van der Waals surface area contributed by atoms with Gasteiger partial charge in [0.05, 0.1) is 35.9 Å². The number of methoxy groups -OCH3 is 1. The molecular formula is C34H29ClF2N6O3. The van der Waals surface area contributed by atoms with Gasteiger partial charge in [0, 0.05) is 35.2 Å². The molecule has 0 saturated heterocycles. The molecule has 3 heterocycles. The number of hydrogen-bond acceptors (Lipinski definition) is 7. The van der Waals surface area contributed by atoms with Crippen LogP contribution in [0.15, 0.2) is 79.1 Å². The molecule has 12 heteroatoms. The van der Waals surface area contributed by atoms with Gasteiger partial charge in [-0.15, -0.1) is 10.2 Å². The number of carbonyl (C=O) groups is 1. The molecule has 0 aliphatic heterocycles. The summed E-state index contributed by atoms with van der Waals surface area (Å²) in [4.78, 5) is 21.6. The standard InChI is InChI=1S/C34H29ClF2N6O3/c1-3-13-42-20-38-41-32(42)18-43-30-16-22(34(44)45-2)9-12-29(30)39-31(43)15-21-7-11-25(27(37)14-21)28-5-4-6-33(40-28)46-19-23-8-10-24(35)17-26(23)36/h4-12,14,16-17,20H,3,13,15,18-19H2,1-2H3. The Kier molecular flexibility index (Phi) is 9.02. The van der Waals surface area contributed by atoms with Crippen molar-refractivity contribution in [1.82, 2.24) is 29.3 Å². The second-order valence-corrected chi connectivity index (χ2v) is 11.1. The van der Waals surface area contributed by atoms with Crippen LogP contribution in [0.4, 0.5) is 8.78 Å². The van der Waals surface area contributed by atoms with Crippen LogP contribution in [0.3, 0.4) is 0 Å². The maximum Gasteiger partial charge on any atom is 0.337 e. The Morgan fingerprint density at radius 3 is 2.61 bits per heavy atom. The van der Waals surface area contributed by atoms with Crippen molar-refractivity contribution in [3.63, 3.8) is 0 Å². The molecule has 3 aromatic heterocycles. The molecule has 0 saturated carbocycles. The van der Waals surface area contributed by atoms with Crippen LogP contribution in [0.2, 0.25) is 5.02 Å². The number of aryl methyl sites for hydroxylation is 1. The van der Waals surface area contributed by atoms with Gasteiger partial charge < -0.3 is 18.6 Å². The molecule has 6 aromatic rings. The van der Waals surface area contributed by atoms with E-state index in [1.165, 1.54) is 19.2 Å². The predicted molar refractivity (Wildman–Crippen MR) is 169 cm³/mol. The van der Waals surface area contributed by atoms with Crippen molar-refractivity contribution in [2.45, 2.75) is 39.5 Å². The largest absolute Gasteiger partial charge is 0.473 e. The molecule has 0 aliphatic rings. The molecular weight excluding hydrogens is 614 g/mol. The molecule has 0 N–H and O–H groups in total. The first-order valence-electron chi connectivity index (χ1n) is 14.6. The third-order valence-corrected chi connectivity index (χ3v) is 7.73. The number of esters is 1. The summed E-state index contributed by atoms with van der Waals surface area (Å²) in [6.45, 7) is 3.12. The fourth-order valence-electron chi connectivity index (χ4n) is 5.19. The predicted octanol–water partition coefficient (Wildman–Crippen LogP) is 7.04. The number of hydrogen-bond donors (Lipinski definition) is 0. The summed E-state index contributed by atoms with van der Waals surface area (Å²) in [5.74, 6) is 0.224. The van der Waals surface area contributed by atoms with Crippen LogP contribution in [0.1, 0.15) is 46.5 Å². The lowest BCUT2D eigenvalue weighted by Crippen LogP contribution is -2.12. The average Bonchev–Trinajstić information content (AvgIpc) is 3.64. The van der Waals surface area contributed by atoms with Gasteiger partial charge in [0.2, 0.25) is 5.88 Å². The monoisotopic (exact) mass is 642 g/mol. The third kappa shape index (κ3) is 6.59. The zero-order valence-corrected chi connectivity index (χ0v) is 25.8. The van der Waals surface area contributed by atoms with Crippen molar-refractivity contribution in [3.05, 3.63) is 124 Å². The average molecular weight is 643 g/mol. The van der Waals surface area contributed by atoms with Crippen molar-refractivity contribution in [3.8, 4) is 17.1 Å². The number of carbonyl (C=O) groups excluding carboxylic acids is 1. The summed E-state index contributed by atoms with van der Waals surface area (Å²) in [7, 11) is 1.34. The zero-order chi connectivity index (χ0) is 32.2. The van der Waals surface area contributed by atoms with Crippen molar-refractivity contribution >= 4 is 28.6 Å². The fourth-order valence-corrected chi connectivity index (χ4v) is 5.35. The first-order chi connectivity index (χ1) is 22.3. The lowest BCUT2D eigenvalue weighted by molar-refractivity contribution is 0.0601. The van der Waals surface area contributed by atoms with E-state index in [0.29, 0.717) is 51.7 Å². The smallest absolute Gasteiger partial charge is 0.337 e. The highest BCUT2D eigenvalue weighted by Gasteiger charge is 2.18. The van der Waals surface area contributed by atoms with E-state index in [1.807, 2.05) is 15.2 Å². The molecule has 9 nitrogen and oxygen atoms in total. The van der Waals surface area contributed by atoms with Gasteiger partial charge in [0.1, 0.15) is 30.4 Å². The summed E-state index contributed by atoms with van der Waals surface area (Å²) in [6.07, 6.45) is 2.91. The lowest BCUT2D eigenvalue weighted by Gasteiger charge is -2.12. The molecule has 234 valence electrons. The van der Waals surface area contributed by atoms with Crippen molar-refractivity contribution in [1.29, 1.82) is 0 Å². The fraction of sp³-hybridized carbons (Fsp3) is 0.206. The Morgan fingerprint density at radius 1 is 0.957 bits per heavy atom. The van der Waals surface area contributed by atoms with Gasteiger partial charge in [0.15, 0.2) is 5.82 Å². The SMILES string of the molecule is CCCn1cnnc1Cn1c(Cc2ccc(-c3cccc(OCc4ccc(Cl)cc4F)n3)c(F)c2)nc2ccc(C(=O)OC)cc21. The summed E-state index contributed by atoms with van der Waals surface area (Å²) in [6, 6.07) is 19.5. The quantitative estimate of drug-likeness (QED) is 0.140. The Labute approximate surface area is 268 Å². The number of benzene rings is 3. The van der Waals surface area contributed by atoms with Gasteiger partial charge in [-0.25, -0.2) is 23.5 Å². The summed E-state index contributed by atoms with van der Waals surface area (Å²) < 4.78 is 44.3. The molecule has 0 unspecified atom stereocenters. The van der Waals surface area contributed by atoms with E-state index < -0.39 is 17.6 Å². The van der Waals surface area contributed by atoms with E-state index in [-0.39, 0.29) is 18.1 Å². The highest BCUT2D eigenvalue weighted by Crippen LogP contribution is 2.27. The first kappa shape index (κ1) is 30.8. The Balaban J connectivity index is 1.27. The Morgan fingerprint density at radius 2 is 1.83 bits per heavy atom. The number of ether oxygens (including phenoxy) is 2. The van der Waals surface area contributed by atoms with E-state index in [9.17, 15) is 9.18 Å². The number of rotatable bonds is 11. The maximum absolute atomic E-state index is 15.6. The van der Waals surface area contributed by atoms with Crippen LogP contribution in [0.25, 0.3) is 22.3 Å². The van der Waals surface area contributed by atoms with E-state index >= 15 is 4.39 Å². The Hall–Kier alpha value is -5.16. The number of nitrogens with zero attached hydrogens (tertiary/aromatic N) is 6. The minimum Gasteiger partial charge on any atom is -0.473 e. The van der Waals surface area contributed by atoms with E-state index in [4.69, 9.17) is 26.1 Å². The van der Waals surface area contributed by atoms with Gasteiger partial charge in [-0.3, -0.25) is 0 Å². The van der Waals surface area contributed by atoms with Crippen LogP contribution in [-0.4, -0.2) is 42.4 Å². The number of halogens is 3. The van der Waals surface area contributed by atoms with Gasteiger partial charge in [-0.2, -0.15) is 0 Å². The maximum atomic E-state index is 15.6. The zero-order valence-electron chi connectivity index (χ0n) is 25.1. The summed E-state index contributed by atoms with van der Waals surface area (Å²) in [5.41, 5.74) is 3.47. The first-order valence-corrected chi connectivity index (χ1v) is 15.0. The molecule has 0 spiro atoms. The normalized spacial score (nSPS) is 11.2. The minimum atomic E-state index is -0.481. The highest BCUT2D eigenvalue weighted by atomic mass is 35.5. The molecule has 0 amide bonds. The summed E-state index contributed by atoms with van der Waals surface area (Å²) >= 11 is 5.83. The molecule has 0 fully saturated rings. The number of fused-ring (bicyclic) bond motifs is 1.